The molecule has 2 aromatic rings. The van der Waals surface area contributed by atoms with Gasteiger partial charge in [0.05, 0.1) is 13.2 Å². The minimum Gasteiger partial charge on any atom is -0.364 e. The largest absolute Gasteiger partial charge is 0.364 e. The van der Waals surface area contributed by atoms with Gasteiger partial charge in [-0.25, -0.2) is 8.78 Å². The molecule has 2 unspecified atom stereocenters. The fraction of sp³-hybridized carbons (Fsp3) is 0.429. The van der Waals surface area contributed by atoms with Crippen LogP contribution in [0.25, 0.3) is 0 Å². The second kappa shape index (κ2) is 7.82. The molecule has 5 heteroatoms. The van der Waals surface area contributed by atoms with Gasteiger partial charge in [-0.05, 0) is 25.0 Å². The molecular formula is C21H24F2O3. The highest BCUT2D eigenvalue weighted by Gasteiger charge is 2.50. The molecule has 0 radical (unpaired) electrons. The van der Waals surface area contributed by atoms with Crippen molar-refractivity contribution in [1.29, 1.82) is 0 Å². The van der Waals surface area contributed by atoms with Gasteiger partial charge < -0.3 is 14.2 Å². The summed E-state index contributed by atoms with van der Waals surface area (Å²) >= 11 is 0. The van der Waals surface area contributed by atoms with Crippen molar-refractivity contribution < 1.29 is 23.0 Å². The summed E-state index contributed by atoms with van der Waals surface area (Å²) in [6.07, 6.45) is -2.63. The zero-order chi connectivity index (χ0) is 18.6. The van der Waals surface area contributed by atoms with Gasteiger partial charge in [0.2, 0.25) is 0 Å². The standard InChI is InChI=1S/C21H24F2O3/c1-20(2)25-15-18(26-20)19(24-14-17-11-7-4-8-12-17)21(22,23)13-16-9-5-3-6-10-16/h3-12,18-19H,13-15H2,1-2H3. The number of rotatable bonds is 7. The molecule has 0 aromatic heterocycles. The average Bonchev–Trinajstić information content (AvgIpc) is 2.96. The van der Waals surface area contributed by atoms with E-state index in [-0.39, 0.29) is 13.2 Å². The monoisotopic (exact) mass is 362 g/mol. The molecule has 0 spiro atoms. The quantitative estimate of drug-likeness (QED) is 0.720. The van der Waals surface area contributed by atoms with E-state index in [0.29, 0.717) is 5.56 Å². The molecule has 2 atom stereocenters. The molecule has 2 aromatic carbocycles. The third-order valence-electron chi connectivity index (χ3n) is 4.34. The van der Waals surface area contributed by atoms with Crippen LogP contribution in [-0.4, -0.2) is 30.5 Å². The van der Waals surface area contributed by atoms with Gasteiger partial charge in [-0.3, -0.25) is 0 Å². The Labute approximate surface area is 152 Å². The lowest BCUT2D eigenvalue weighted by atomic mass is 9.99. The van der Waals surface area contributed by atoms with E-state index in [9.17, 15) is 0 Å². The summed E-state index contributed by atoms with van der Waals surface area (Å²) in [5.74, 6) is -3.98. The number of hydrogen-bond donors (Lipinski definition) is 0. The highest BCUT2D eigenvalue weighted by Crippen LogP contribution is 2.35. The topological polar surface area (TPSA) is 27.7 Å². The lowest BCUT2D eigenvalue weighted by molar-refractivity contribution is -0.207. The van der Waals surface area contributed by atoms with E-state index >= 15 is 8.78 Å². The van der Waals surface area contributed by atoms with Crippen LogP contribution in [0.1, 0.15) is 25.0 Å². The summed E-state index contributed by atoms with van der Waals surface area (Å²) in [4.78, 5) is 0. The number of alkyl halides is 2. The van der Waals surface area contributed by atoms with Crippen LogP contribution in [0.3, 0.4) is 0 Å². The summed E-state index contributed by atoms with van der Waals surface area (Å²) in [5, 5.41) is 0. The van der Waals surface area contributed by atoms with Crippen molar-refractivity contribution in [3.63, 3.8) is 0 Å². The molecule has 3 rings (SSSR count). The van der Waals surface area contributed by atoms with Gasteiger partial charge in [-0.1, -0.05) is 60.7 Å². The maximum Gasteiger partial charge on any atom is 0.280 e. The predicted octanol–water partition coefficient (Wildman–Crippen LogP) is 4.60. The van der Waals surface area contributed by atoms with Crippen molar-refractivity contribution >= 4 is 0 Å². The van der Waals surface area contributed by atoms with E-state index in [1.807, 2.05) is 36.4 Å². The van der Waals surface area contributed by atoms with Crippen molar-refractivity contribution in [1.82, 2.24) is 0 Å². The van der Waals surface area contributed by atoms with E-state index < -0.39 is 30.3 Å². The van der Waals surface area contributed by atoms with E-state index in [4.69, 9.17) is 14.2 Å². The SMILES string of the molecule is CC1(C)OCC(C(OCc2ccccc2)C(F)(F)Cc2ccccc2)O1. The number of hydrogen-bond acceptors (Lipinski definition) is 3. The van der Waals surface area contributed by atoms with Crippen molar-refractivity contribution in [2.45, 2.75) is 50.8 Å². The Morgan fingerprint density at radius 1 is 1.04 bits per heavy atom. The Bertz CT molecular complexity index is 689. The molecule has 0 amide bonds. The maximum absolute atomic E-state index is 15.1. The first-order chi connectivity index (χ1) is 12.4. The molecule has 0 N–H and O–H groups in total. The Balaban J connectivity index is 1.77. The predicted molar refractivity (Wildman–Crippen MR) is 95.0 cm³/mol. The smallest absolute Gasteiger partial charge is 0.280 e. The van der Waals surface area contributed by atoms with Crippen LogP contribution in [0, 0.1) is 0 Å². The first kappa shape index (κ1) is 19.0. The zero-order valence-corrected chi connectivity index (χ0v) is 15.0. The molecule has 0 aliphatic carbocycles. The average molecular weight is 362 g/mol. The van der Waals surface area contributed by atoms with Crippen LogP contribution in [-0.2, 0) is 27.2 Å². The summed E-state index contributed by atoms with van der Waals surface area (Å²) < 4.78 is 47.1. The Hall–Kier alpha value is -1.82. The Morgan fingerprint density at radius 3 is 2.15 bits per heavy atom. The van der Waals surface area contributed by atoms with Crippen LogP contribution in [0.4, 0.5) is 8.78 Å². The van der Waals surface area contributed by atoms with Crippen LogP contribution in [0.5, 0.6) is 0 Å². The molecule has 1 heterocycles. The maximum atomic E-state index is 15.1. The number of benzene rings is 2. The van der Waals surface area contributed by atoms with Crippen LogP contribution in [0.2, 0.25) is 0 Å². The van der Waals surface area contributed by atoms with Gasteiger partial charge in [-0.15, -0.1) is 0 Å². The van der Waals surface area contributed by atoms with Gasteiger partial charge in [-0.2, -0.15) is 0 Å². The van der Waals surface area contributed by atoms with Crippen molar-refractivity contribution in [2.24, 2.45) is 0 Å². The lowest BCUT2D eigenvalue weighted by Crippen LogP contribution is -2.47. The second-order valence-corrected chi connectivity index (χ2v) is 7.01. The third kappa shape index (κ3) is 4.87. The lowest BCUT2D eigenvalue weighted by Gasteiger charge is -2.31. The van der Waals surface area contributed by atoms with Gasteiger partial charge in [0.25, 0.3) is 5.92 Å². The molecule has 0 saturated carbocycles. The van der Waals surface area contributed by atoms with Crippen LogP contribution in [0.15, 0.2) is 60.7 Å². The van der Waals surface area contributed by atoms with Crippen molar-refractivity contribution in [2.75, 3.05) is 6.61 Å². The summed E-state index contributed by atoms with van der Waals surface area (Å²) in [6.45, 7) is 3.61. The fourth-order valence-electron chi connectivity index (χ4n) is 3.09. The van der Waals surface area contributed by atoms with E-state index in [1.54, 1.807) is 38.1 Å². The summed E-state index contributed by atoms with van der Waals surface area (Å²) in [5.41, 5.74) is 1.40. The first-order valence-electron chi connectivity index (χ1n) is 8.75. The first-order valence-corrected chi connectivity index (χ1v) is 8.75. The van der Waals surface area contributed by atoms with Crippen molar-refractivity contribution in [3.8, 4) is 0 Å². The normalized spacial score (nSPS) is 20.8. The summed E-state index contributed by atoms with van der Waals surface area (Å²) in [6, 6.07) is 18.0. The fourth-order valence-corrected chi connectivity index (χ4v) is 3.09. The van der Waals surface area contributed by atoms with Crippen molar-refractivity contribution in [3.05, 3.63) is 71.8 Å². The molecule has 1 saturated heterocycles. The molecule has 1 fully saturated rings. The zero-order valence-electron chi connectivity index (χ0n) is 15.0. The minimum absolute atomic E-state index is 0.0802. The Kier molecular flexibility index (Phi) is 5.70. The molecule has 140 valence electrons. The molecule has 3 nitrogen and oxygen atoms in total. The van der Waals surface area contributed by atoms with E-state index in [0.717, 1.165) is 5.56 Å². The second-order valence-electron chi connectivity index (χ2n) is 7.01. The van der Waals surface area contributed by atoms with Gasteiger partial charge >= 0.3 is 0 Å². The summed E-state index contributed by atoms with van der Waals surface area (Å²) in [7, 11) is 0. The van der Waals surface area contributed by atoms with E-state index in [1.165, 1.54) is 0 Å². The molecule has 1 aliphatic heterocycles. The highest BCUT2D eigenvalue weighted by molar-refractivity contribution is 5.17. The van der Waals surface area contributed by atoms with Gasteiger partial charge in [0, 0.05) is 6.42 Å². The Morgan fingerprint density at radius 2 is 1.62 bits per heavy atom. The molecular weight excluding hydrogens is 338 g/mol. The van der Waals surface area contributed by atoms with Gasteiger partial charge in [0.1, 0.15) is 6.10 Å². The molecule has 0 bridgehead atoms. The number of ether oxygens (including phenoxy) is 3. The van der Waals surface area contributed by atoms with E-state index in [2.05, 4.69) is 0 Å². The molecule has 1 aliphatic rings. The van der Waals surface area contributed by atoms with Crippen LogP contribution < -0.4 is 0 Å². The van der Waals surface area contributed by atoms with Gasteiger partial charge in [0.15, 0.2) is 11.9 Å². The number of halogens is 2. The minimum atomic E-state index is -3.09. The molecule has 26 heavy (non-hydrogen) atoms. The highest BCUT2D eigenvalue weighted by atomic mass is 19.3. The third-order valence-corrected chi connectivity index (χ3v) is 4.34. The van der Waals surface area contributed by atoms with Crippen LogP contribution >= 0.6 is 0 Å².